The Labute approximate surface area is 113 Å². The molecule has 0 atom stereocenters. The fourth-order valence-electron chi connectivity index (χ4n) is 2.40. The topological polar surface area (TPSA) is 9.23 Å². The van der Waals surface area contributed by atoms with Crippen molar-refractivity contribution in [2.75, 3.05) is 0 Å². The van der Waals surface area contributed by atoms with Crippen LogP contribution in [0.5, 0.6) is 0 Å². The minimum absolute atomic E-state index is 0.208. The smallest absolute Gasteiger partial charge is 0.145 e. The summed E-state index contributed by atoms with van der Waals surface area (Å²) in [7, 11) is 0. The van der Waals surface area contributed by atoms with Crippen LogP contribution in [0.25, 0.3) is 0 Å². The summed E-state index contributed by atoms with van der Waals surface area (Å²) >= 11 is 5.98. The molecule has 0 aliphatic heterocycles. The minimum Gasteiger partial charge on any atom is -0.373 e. The standard InChI is InChI=1S/C15H20ClFO/c1-10-3-7-13(8-4-10)18-9-12-6-5-11(2)15(17)14(12)16/h5-6,10,13H,3-4,7-9H2,1-2H3. The van der Waals surface area contributed by atoms with Gasteiger partial charge in [0.15, 0.2) is 0 Å². The van der Waals surface area contributed by atoms with E-state index >= 15 is 0 Å². The number of benzene rings is 1. The summed E-state index contributed by atoms with van der Waals surface area (Å²) in [4.78, 5) is 0. The third-order valence-electron chi connectivity index (χ3n) is 3.79. The molecule has 0 spiro atoms. The Kier molecular flexibility index (Phi) is 4.63. The van der Waals surface area contributed by atoms with Crippen molar-refractivity contribution in [2.45, 2.75) is 52.2 Å². The highest BCUT2D eigenvalue weighted by molar-refractivity contribution is 6.31. The minimum atomic E-state index is -0.324. The summed E-state index contributed by atoms with van der Waals surface area (Å²) in [5.74, 6) is 0.486. The van der Waals surface area contributed by atoms with Crippen molar-refractivity contribution in [3.05, 3.63) is 34.1 Å². The van der Waals surface area contributed by atoms with E-state index < -0.39 is 0 Å². The molecule has 0 aromatic heterocycles. The van der Waals surface area contributed by atoms with Gasteiger partial charge in [0.1, 0.15) is 5.82 Å². The van der Waals surface area contributed by atoms with Gasteiger partial charge in [-0.05, 0) is 49.7 Å². The van der Waals surface area contributed by atoms with Crippen LogP contribution in [-0.4, -0.2) is 6.10 Å². The van der Waals surface area contributed by atoms with Gasteiger partial charge in [0, 0.05) is 0 Å². The summed E-state index contributed by atoms with van der Waals surface area (Å²) in [5, 5.41) is 0.208. The van der Waals surface area contributed by atoms with Crippen molar-refractivity contribution in [3.63, 3.8) is 0 Å². The molecule has 1 aromatic rings. The number of hydrogen-bond donors (Lipinski definition) is 0. The van der Waals surface area contributed by atoms with Crippen molar-refractivity contribution in [3.8, 4) is 0 Å². The molecule has 1 aliphatic rings. The number of rotatable bonds is 3. The van der Waals surface area contributed by atoms with Crippen molar-refractivity contribution in [2.24, 2.45) is 5.92 Å². The summed E-state index contributed by atoms with van der Waals surface area (Å²) in [6.45, 7) is 4.41. The summed E-state index contributed by atoms with van der Waals surface area (Å²) in [6, 6.07) is 3.61. The van der Waals surface area contributed by atoms with Gasteiger partial charge in [0.25, 0.3) is 0 Å². The zero-order valence-electron chi connectivity index (χ0n) is 11.0. The normalized spacial score (nSPS) is 24.2. The molecule has 0 radical (unpaired) electrons. The number of aryl methyl sites for hydroxylation is 1. The second-order valence-corrected chi connectivity index (χ2v) is 5.74. The highest BCUT2D eigenvalue weighted by atomic mass is 35.5. The molecule has 0 saturated heterocycles. The first-order chi connectivity index (χ1) is 8.58. The van der Waals surface area contributed by atoms with E-state index in [1.165, 1.54) is 12.8 Å². The van der Waals surface area contributed by atoms with Crippen molar-refractivity contribution in [1.82, 2.24) is 0 Å². The van der Waals surface area contributed by atoms with Crippen molar-refractivity contribution >= 4 is 11.6 Å². The van der Waals surface area contributed by atoms with Gasteiger partial charge in [0.05, 0.1) is 17.7 Å². The number of ether oxygens (including phenoxy) is 1. The molecular formula is C15H20ClFO. The van der Waals surface area contributed by atoms with Gasteiger partial charge in [0.2, 0.25) is 0 Å². The third-order valence-corrected chi connectivity index (χ3v) is 4.20. The molecule has 1 fully saturated rings. The summed E-state index contributed by atoms with van der Waals surface area (Å²) in [5.41, 5.74) is 1.33. The van der Waals surface area contributed by atoms with Gasteiger partial charge in [-0.3, -0.25) is 0 Å². The Morgan fingerprint density at radius 1 is 1.28 bits per heavy atom. The van der Waals surface area contributed by atoms with Crippen LogP contribution in [0.4, 0.5) is 4.39 Å². The van der Waals surface area contributed by atoms with E-state index in [-0.39, 0.29) is 10.8 Å². The van der Waals surface area contributed by atoms with Crippen LogP contribution in [0.15, 0.2) is 12.1 Å². The summed E-state index contributed by atoms with van der Waals surface area (Å²) < 4.78 is 19.5. The van der Waals surface area contributed by atoms with Crippen LogP contribution in [-0.2, 0) is 11.3 Å². The van der Waals surface area contributed by atoms with E-state index in [0.717, 1.165) is 24.3 Å². The molecule has 3 heteroatoms. The maximum absolute atomic E-state index is 13.6. The van der Waals surface area contributed by atoms with Crippen LogP contribution in [0.2, 0.25) is 5.02 Å². The Bertz CT molecular complexity index is 411. The van der Waals surface area contributed by atoms with Crippen LogP contribution < -0.4 is 0 Å². The third kappa shape index (κ3) is 3.24. The molecule has 1 nitrogen and oxygen atoms in total. The molecule has 1 aromatic carbocycles. The van der Waals surface area contributed by atoms with E-state index in [9.17, 15) is 4.39 Å². The Morgan fingerprint density at radius 3 is 2.61 bits per heavy atom. The van der Waals surface area contributed by atoms with Crippen LogP contribution in [0.3, 0.4) is 0 Å². The average Bonchev–Trinajstić information content (AvgIpc) is 2.37. The van der Waals surface area contributed by atoms with Crippen LogP contribution in [0.1, 0.15) is 43.7 Å². The highest BCUT2D eigenvalue weighted by Crippen LogP contribution is 2.28. The van der Waals surface area contributed by atoms with Crippen molar-refractivity contribution < 1.29 is 9.13 Å². The first kappa shape index (κ1) is 13.8. The van der Waals surface area contributed by atoms with Crippen LogP contribution in [0, 0.1) is 18.7 Å². The molecule has 0 N–H and O–H groups in total. The van der Waals surface area contributed by atoms with Crippen LogP contribution >= 0.6 is 11.6 Å². The number of hydrogen-bond acceptors (Lipinski definition) is 1. The van der Waals surface area contributed by atoms with E-state index in [4.69, 9.17) is 16.3 Å². The Morgan fingerprint density at radius 2 is 1.94 bits per heavy atom. The molecule has 0 heterocycles. The molecule has 0 bridgehead atoms. The van der Waals surface area contributed by atoms with Gasteiger partial charge < -0.3 is 4.74 Å². The van der Waals surface area contributed by atoms with Gasteiger partial charge in [-0.2, -0.15) is 0 Å². The lowest BCUT2D eigenvalue weighted by atomic mass is 9.89. The number of halogens is 2. The molecule has 1 saturated carbocycles. The predicted molar refractivity (Wildman–Crippen MR) is 72.4 cm³/mol. The Balaban J connectivity index is 1.92. The lowest BCUT2D eigenvalue weighted by Gasteiger charge is -2.26. The van der Waals surface area contributed by atoms with E-state index in [1.54, 1.807) is 13.0 Å². The quantitative estimate of drug-likeness (QED) is 0.760. The zero-order chi connectivity index (χ0) is 13.1. The van der Waals surface area contributed by atoms with E-state index in [1.807, 2.05) is 6.07 Å². The monoisotopic (exact) mass is 270 g/mol. The van der Waals surface area contributed by atoms with Gasteiger partial charge in [-0.15, -0.1) is 0 Å². The van der Waals surface area contributed by atoms with Gasteiger partial charge in [-0.1, -0.05) is 30.7 Å². The average molecular weight is 271 g/mol. The second kappa shape index (κ2) is 6.03. The molecule has 0 amide bonds. The molecule has 0 unspecified atom stereocenters. The molecule has 2 rings (SSSR count). The lowest BCUT2D eigenvalue weighted by Crippen LogP contribution is -2.20. The summed E-state index contributed by atoms with van der Waals surface area (Å²) in [6.07, 6.45) is 4.96. The lowest BCUT2D eigenvalue weighted by molar-refractivity contribution is 0.00871. The predicted octanol–water partition coefficient (Wildman–Crippen LogP) is 4.88. The maximum Gasteiger partial charge on any atom is 0.145 e. The second-order valence-electron chi connectivity index (χ2n) is 5.36. The van der Waals surface area contributed by atoms with E-state index in [2.05, 4.69) is 6.92 Å². The zero-order valence-corrected chi connectivity index (χ0v) is 11.8. The van der Waals surface area contributed by atoms with E-state index in [0.29, 0.717) is 18.3 Å². The Hall–Kier alpha value is -0.600. The molecule has 18 heavy (non-hydrogen) atoms. The largest absolute Gasteiger partial charge is 0.373 e. The highest BCUT2D eigenvalue weighted by Gasteiger charge is 2.19. The SMILES string of the molecule is Cc1ccc(COC2CCC(C)CC2)c(Cl)c1F. The van der Waals surface area contributed by atoms with Gasteiger partial charge >= 0.3 is 0 Å². The fraction of sp³-hybridized carbons (Fsp3) is 0.600. The maximum atomic E-state index is 13.6. The molecular weight excluding hydrogens is 251 g/mol. The van der Waals surface area contributed by atoms with Gasteiger partial charge in [-0.25, -0.2) is 4.39 Å². The molecule has 1 aliphatic carbocycles. The first-order valence-corrected chi connectivity index (χ1v) is 7.00. The fourth-order valence-corrected chi connectivity index (χ4v) is 2.67. The first-order valence-electron chi connectivity index (χ1n) is 6.63. The van der Waals surface area contributed by atoms with Crippen molar-refractivity contribution in [1.29, 1.82) is 0 Å². The molecule has 100 valence electrons.